The summed E-state index contributed by atoms with van der Waals surface area (Å²) in [5, 5.41) is 13.6. The number of aliphatic hydroxyl groups is 1. The Bertz CT molecular complexity index is 792. The van der Waals surface area contributed by atoms with E-state index in [-0.39, 0.29) is 31.5 Å². The van der Waals surface area contributed by atoms with Crippen molar-refractivity contribution in [2.24, 2.45) is 10.8 Å². The molecule has 194 valence electrons. The molecular weight excluding hydrogens is 472 g/mol. The summed E-state index contributed by atoms with van der Waals surface area (Å²) < 4.78 is 86.1. The van der Waals surface area contributed by atoms with E-state index in [2.05, 4.69) is 10.1 Å². The molecule has 3 aliphatic heterocycles. The van der Waals surface area contributed by atoms with Crippen LogP contribution in [0.2, 0.25) is 0 Å². The Labute approximate surface area is 192 Å². The van der Waals surface area contributed by atoms with Gasteiger partial charge in [0.05, 0.1) is 25.3 Å². The summed E-state index contributed by atoms with van der Waals surface area (Å²) in [6.45, 7) is -2.11. The Morgan fingerprint density at radius 1 is 0.971 bits per heavy atom. The number of piperidine rings is 2. The molecule has 0 bridgehead atoms. The molecular formula is C21H29F6N3O4. The fourth-order valence-corrected chi connectivity index (χ4v) is 5.61. The smallest absolute Gasteiger partial charge is 0.392 e. The van der Waals surface area contributed by atoms with E-state index < -0.39 is 73.8 Å². The van der Waals surface area contributed by atoms with Gasteiger partial charge >= 0.3 is 12.4 Å². The molecule has 4 fully saturated rings. The number of carbonyl (C=O) groups is 2. The van der Waals surface area contributed by atoms with E-state index in [1.807, 2.05) is 0 Å². The van der Waals surface area contributed by atoms with Gasteiger partial charge < -0.3 is 25.0 Å². The van der Waals surface area contributed by atoms with Gasteiger partial charge in [-0.2, -0.15) is 26.3 Å². The Morgan fingerprint density at radius 2 is 1.62 bits per heavy atom. The predicted octanol–water partition coefficient (Wildman–Crippen LogP) is 1.84. The molecule has 0 aromatic carbocycles. The summed E-state index contributed by atoms with van der Waals surface area (Å²) in [6, 6.07) is -0.720. The van der Waals surface area contributed by atoms with Crippen molar-refractivity contribution >= 4 is 11.8 Å². The lowest BCUT2D eigenvalue weighted by molar-refractivity contribution is -0.252. The summed E-state index contributed by atoms with van der Waals surface area (Å²) >= 11 is 0. The molecule has 3 saturated heterocycles. The van der Waals surface area contributed by atoms with Crippen LogP contribution in [0.4, 0.5) is 26.3 Å². The van der Waals surface area contributed by atoms with Crippen LogP contribution in [0.15, 0.2) is 0 Å². The van der Waals surface area contributed by atoms with Gasteiger partial charge in [-0.25, -0.2) is 0 Å². The van der Waals surface area contributed by atoms with Gasteiger partial charge in [-0.1, -0.05) is 6.42 Å². The third-order valence-corrected chi connectivity index (χ3v) is 8.11. The van der Waals surface area contributed by atoms with Crippen LogP contribution in [0.25, 0.3) is 0 Å². The summed E-state index contributed by atoms with van der Waals surface area (Å²) in [6.07, 6.45) is -11.3. The highest BCUT2D eigenvalue weighted by molar-refractivity contribution is 5.85. The van der Waals surface area contributed by atoms with Gasteiger partial charge in [-0.3, -0.25) is 9.59 Å². The lowest BCUT2D eigenvalue weighted by Gasteiger charge is -2.51. The summed E-state index contributed by atoms with van der Waals surface area (Å²) in [7, 11) is 0. The Hall–Kier alpha value is -1.60. The number of ether oxygens (including phenoxy) is 1. The van der Waals surface area contributed by atoms with Crippen molar-refractivity contribution in [1.29, 1.82) is 0 Å². The van der Waals surface area contributed by atoms with Crippen molar-refractivity contribution in [2.75, 3.05) is 39.3 Å². The number of nitrogens with zero attached hydrogens (tertiary/aromatic N) is 2. The van der Waals surface area contributed by atoms with Crippen LogP contribution in [0.3, 0.4) is 0 Å². The Balaban J connectivity index is 1.42. The Kier molecular flexibility index (Phi) is 6.60. The number of hydrogen-bond donors (Lipinski definition) is 2. The quantitative estimate of drug-likeness (QED) is 0.565. The van der Waals surface area contributed by atoms with E-state index in [1.165, 1.54) is 4.90 Å². The third kappa shape index (κ3) is 4.39. The van der Waals surface area contributed by atoms with Gasteiger partial charge in [0.1, 0.15) is 5.41 Å². The van der Waals surface area contributed by atoms with E-state index >= 15 is 0 Å². The summed E-state index contributed by atoms with van der Waals surface area (Å²) in [4.78, 5) is 27.7. The highest BCUT2D eigenvalue weighted by Crippen LogP contribution is 2.49. The van der Waals surface area contributed by atoms with Crippen LogP contribution in [0, 0.1) is 10.8 Å². The molecule has 3 heterocycles. The number of alkyl halides is 6. The number of morpholine rings is 1. The topological polar surface area (TPSA) is 82.1 Å². The van der Waals surface area contributed by atoms with Gasteiger partial charge in [-0.15, -0.1) is 0 Å². The van der Waals surface area contributed by atoms with E-state index in [0.717, 1.165) is 19.3 Å². The van der Waals surface area contributed by atoms with Crippen LogP contribution in [0.5, 0.6) is 0 Å². The minimum Gasteiger partial charge on any atom is -0.392 e. The first kappa shape index (κ1) is 25.5. The van der Waals surface area contributed by atoms with E-state index in [9.17, 15) is 41.0 Å². The van der Waals surface area contributed by atoms with Crippen molar-refractivity contribution in [3.05, 3.63) is 0 Å². The van der Waals surface area contributed by atoms with Crippen LogP contribution in [-0.2, 0) is 14.3 Å². The van der Waals surface area contributed by atoms with Crippen molar-refractivity contribution < 1.29 is 45.8 Å². The first-order valence-electron chi connectivity index (χ1n) is 11.5. The number of nitrogens with one attached hydrogen (secondary N) is 1. The highest BCUT2D eigenvalue weighted by Gasteiger charge is 2.63. The fraction of sp³-hybridized carbons (Fsp3) is 0.905. The van der Waals surface area contributed by atoms with Crippen LogP contribution in [-0.4, -0.2) is 96.7 Å². The molecule has 34 heavy (non-hydrogen) atoms. The highest BCUT2D eigenvalue weighted by atomic mass is 19.4. The maximum atomic E-state index is 14.1. The number of halogens is 6. The first-order chi connectivity index (χ1) is 15.8. The van der Waals surface area contributed by atoms with Crippen LogP contribution in [0.1, 0.15) is 38.5 Å². The third-order valence-electron chi connectivity index (χ3n) is 8.11. The molecule has 0 radical (unpaired) electrons. The summed E-state index contributed by atoms with van der Waals surface area (Å²) in [5.41, 5.74) is -3.09. The van der Waals surface area contributed by atoms with E-state index in [1.54, 1.807) is 0 Å². The molecule has 0 unspecified atom stereocenters. The van der Waals surface area contributed by atoms with Crippen molar-refractivity contribution in [1.82, 2.24) is 15.1 Å². The summed E-state index contributed by atoms with van der Waals surface area (Å²) in [5.74, 6) is -1.83. The van der Waals surface area contributed by atoms with Gasteiger partial charge in [0.25, 0.3) is 0 Å². The molecule has 2 amide bonds. The number of aliphatic hydroxyl groups excluding tert-OH is 1. The van der Waals surface area contributed by atoms with Crippen molar-refractivity contribution in [3.63, 3.8) is 0 Å². The second-order valence-electron chi connectivity index (χ2n) is 9.96. The van der Waals surface area contributed by atoms with Crippen LogP contribution < -0.4 is 5.32 Å². The number of amides is 2. The molecule has 1 spiro atoms. The zero-order chi connectivity index (χ0) is 24.9. The van der Waals surface area contributed by atoms with Crippen LogP contribution >= 0.6 is 0 Å². The average Bonchev–Trinajstić information content (AvgIpc) is 2.75. The molecule has 0 aromatic heterocycles. The zero-order valence-electron chi connectivity index (χ0n) is 18.6. The fourth-order valence-electron chi connectivity index (χ4n) is 5.61. The second-order valence-corrected chi connectivity index (χ2v) is 9.96. The van der Waals surface area contributed by atoms with Crippen molar-refractivity contribution in [2.45, 2.75) is 69.1 Å². The van der Waals surface area contributed by atoms with E-state index in [0.29, 0.717) is 11.4 Å². The molecule has 2 N–H and O–H groups in total. The zero-order valence-corrected chi connectivity index (χ0v) is 18.6. The Morgan fingerprint density at radius 3 is 2.12 bits per heavy atom. The SMILES string of the molecule is O=C([C@@H]1C[C@@H](O)C2(CCC2)CN1)N1CCC(C(=O)N2CCO[C@H](C(F)(F)F)C2)(C(F)(F)F)CC1. The minimum atomic E-state index is -4.98. The van der Waals surface area contributed by atoms with Gasteiger partial charge in [0.15, 0.2) is 6.10 Å². The number of likely N-dealkylation sites (tertiary alicyclic amines) is 1. The minimum absolute atomic E-state index is 0.172. The molecule has 7 nitrogen and oxygen atoms in total. The lowest BCUT2D eigenvalue weighted by atomic mass is 9.62. The predicted molar refractivity (Wildman–Crippen MR) is 105 cm³/mol. The van der Waals surface area contributed by atoms with Gasteiger partial charge in [0, 0.05) is 31.6 Å². The number of rotatable bonds is 2. The lowest BCUT2D eigenvalue weighted by Crippen LogP contribution is -2.64. The monoisotopic (exact) mass is 501 g/mol. The largest absolute Gasteiger partial charge is 0.416 e. The first-order valence-corrected chi connectivity index (χ1v) is 11.5. The number of hydrogen-bond acceptors (Lipinski definition) is 5. The maximum Gasteiger partial charge on any atom is 0.416 e. The molecule has 0 aromatic rings. The molecule has 3 atom stereocenters. The van der Waals surface area contributed by atoms with Gasteiger partial charge in [0.2, 0.25) is 11.8 Å². The second kappa shape index (κ2) is 8.81. The standard InChI is InChI=1S/C21H29F6N3O4/c22-20(23,24)15-11-30(8-9-34-15)17(33)19(21(25,26)27)4-6-29(7-5-19)16(32)13-10-14(31)18(12-28-13)2-1-3-18/h13-15,28,31H,1-12H2/t13-,14+,15-/m0/s1. The number of carbonyl (C=O) groups excluding carboxylic acids is 2. The average molecular weight is 501 g/mol. The van der Waals surface area contributed by atoms with Gasteiger partial charge in [-0.05, 0) is 32.1 Å². The molecule has 1 aliphatic carbocycles. The molecule has 4 rings (SSSR count). The normalized spacial score (nSPS) is 31.8. The molecule has 1 saturated carbocycles. The van der Waals surface area contributed by atoms with E-state index in [4.69, 9.17) is 0 Å². The molecule has 13 heteroatoms. The maximum absolute atomic E-state index is 14.1. The van der Waals surface area contributed by atoms with Crippen molar-refractivity contribution in [3.8, 4) is 0 Å². The molecule has 4 aliphatic rings.